The number of carbonyl (C=O) groups excluding carboxylic acids is 1. The van der Waals surface area contributed by atoms with Crippen LogP contribution in [0.15, 0.2) is 66.7 Å². The first-order valence-corrected chi connectivity index (χ1v) is 10.2. The molecule has 30 heavy (non-hydrogen) atoms. The Morgan fingerprint density at radius 2 is 1.67 bits per heavy atom. The van der Waals surface area contributed by atoms with Crippen LogP contribution in [0.5, 0.6) is 17.2 Å². The summed E-state index contributed by atoms with van der Waals surface area (Å²) < 4.78 is 26.0. The van der Waals surface area contributed by atoms with E-state index in [0.717, 1.165) is 16.9 Å². The fourth-order valence-electron chi connectivity index (χ4n) is 3.07. The molecule has 3 aromatic rings. The fourth-order valence-corrected chi connectivity index (χ4v) is 3.07. The zero-order chi connectivity index (χ0) is 21.5. The molecule has 0 atom stereocenters. The van der Waals surface area contributed by atoms with Crippen molar-refractivity contribution in [3.8, 4) is 17.2 Å². The molecule has 0 N–H and O–H groups in total. The van der Waals surface area contributed by atoms with E-state index >= 15 is 0 Å². The minimum atomic E-state index is -0.422. The third-order valence-electron chi connectivity index (χ3n) is 4.82. The van der Waals surface area contributed by atoms with Crippen LogP contribution in [-0.4, -0.2) is 5.78 Å². The number of benzene rings is 3. The highest BCUT2D eigenvalue weighted by atomic mass is 19.1. The lowest BCUT2D eigenvalue weighted by Gasteiger charge is -2.12. The number of aryl methyl sites for hydroxylation is 1. The van der Waals surface area contributed by atoms with Crippen LogP contribution in [0, 0.1) is 5.82 Å². The molecule has 3 nitrogen and oxygen atoms in total. The van der Waals surface area contributed by atoms with Crippen LogP contribution in [0.1, 0.15) is 49.8 Å². The molecule has 0 aromatic heterocycles. The molecule has 4 heteroatoms. The third-order valence-corrected chi connectivity index (χ3v) is 4.82. The summed E-state index contributed by atoms with van der Waals surface area (Å²) in [5.41, 5.74) is 2.89. The number of hydrogen-bond acceptors (Lipinski definition) is 3. The van der Waals surface area contributed by atoms with E-state index in [1.165, 1.54) is 18.6 Å². The second-order valence-corrected chi connectivity index (χ2v) is 7.73. The Morgan fingerprint density at radius 3 is 2.37 bits per heavy atom. The Labute approximate surface area is 177 Å². The standard InChI is InChI=1S/C26H27FO3/c1-18(2)22-7-5-9-24(16-22)30-23-8-4-6-21(14-23)17-29-26-13-12-20(15-25(26)27)11-10-19(3)28/h4-9,12-16,18H,10-11,17H2,1-3H3. The van der Waals surface area contributed by atoms with Crippen molar-refractivity contribution in [3.05, 3.63) is 89.2 Å². The summed E-state index contributed by atoms with van der Waals surface area (Å²) in [5.74, 6) is 1.78. The van der Waals surface area contributed by atoms with Crippen LogP contribution in [0.25, 0.3) is 0 Å². The summed E-state index contributed by atoms with van der Waals surface area (Å²) >= 11 is 0. The minimum absolute atomic E-state index is 0.0915. The molecule has 0 aliphatic rings. The summed E-state index contributed by atoms with van der Waals surface area (Å²) in [6.07, 6.45) is 0.941. The van der Waals surface area contributed by atoms with Crippen LogP contribution in [-0.2, 0) is 17.8 Å². The summed E-state index contributed by atoms with van der Waals surface area (Å²) in [5, 5.41) is 0. The number of halogens is 1. The van der Waals surface area contributed by atoms with Crippen LogP contribution < -0.4 is 9.47 Å². The first-order valence-electron chi connectivity index (χ1n) is 10.2. The van der Waals surface area contributed by atoms with E-state index in [-0.39, 0.29) is 18.1 Å². The van der Waals surface area contributed by atoms with Gasteiger partial charge in [0.25, 0.3) is 0 Å². The van der Waals surface area contributed by atoms with Gasteiger partial charge in [0, 0.05) is 6.42 Å². The van der Waals surface area contributed by atoms with Gasteiger partial charge in [0.2, 0.25) is 0 Å². The molecule has 0 unspecified atom stereocenters. The normalized spacial score (nSPS) is 10.8. The molecule has 0 aliphatic carbocycles. The van der Waals surface area contributed by atoms with Crippen molar-refractivity contribution >= 4 is 5.78 Å². The molecule has 3 rings (SSSR count). The van der Waals surface area contributed by atoms with Crippen LogP contribution >= 0.6 is 0 Å². The van der Waals surface area contributed by atoms with Crippen LogP contribution in [0.3, 0.4) is 0 Å². The topological polar surface area (TPSA) is 35.5 Å². The average molecular weight is 406 g/mol. The van der Waals surface area contributed by atoms with Gasteiger partial charge in [0.1, 0.15) is 23.9 Å². The van der Waals surface area contributed by atoms with Crippen molar-refractivity contribution in [1.82, 2.24) is 0 Å². The van der Waals surface area contributed by atoms with Crippen molar-refractivity contribution in [3.63, 3.8) is 0 Å². The van der Waals surface area contributed by atoms with Crippen molar-refractivity contribution in [2.24, 2.45) is 0 Å². The quantitative estimate of drug-likeness (QED) is 0.390. The average Bonchev–Trinajstić information content (AvgIpc) is 2.72. The van der Waals surface area contributed by atoms with Crippen molar-refractivity contribution in [2.75, 3.05) is 0 Å². The predicted octanol–water partition coefficient (Wildman–Crippen LogP) is 6.84. The van der Waals surface area contributed by atoms with Crippen LogP contribution in [0.4, 0.5) is 4.39 Å². The fraction of sp³-hybridized carbons (Fsp3) is 0.269. The summed E-state index contributed by atoms with van der Waals surface area (Å²) in [4.78, 5) is 11.1. The monoisotopic (exact) mass is 406 g/mol. The van der Waals surface area contributed by atoms with Crippen LogP contribution in [0.2, 0.25) is 0 Å². The first-order chi connectivity index (χ1) is 14.4. The molecule has 0 bridgehead atoms. The van der Waals surface area contributed by atoms with Crippen molar-refractivity contribution < 1.29 is 18.7 Å². The Hall–Kier alpha value is -3.14. The number of ether oxygens (including phenoxy) is 2. The molecule has 0 fully saturated rings. The lowest BCUT2D eigenvalue weighted by molar-refractivity contribution is -0.116. The highest BCUT2D eigenvalue weighted by Gasteiger charge is 2.08. The molecule has 0 aliphatic heterocycles. The van der Waals surface area contributed by atoms with E-state index in [1.54, 1.807) is 12.1 Å². The minimum Gasteiger partial charge on any atom is -0.486 e. The van der Waals surface area contributed by atoms with Crippen molar-refractivity contribution in [1.29, 1.82) is 0 Å². The maximum Gasteiger partial charge on any atom is 0.165 e. The van der Waals surface area contributed by atoms with E-state index < -0.39 is 5.82 Å². The molecule has 3 aromatic carbocycles. The smallest absolute Gasteiger partial charge is 0.165 e. The Bertz CT molecular complexity index is 1010. The van der Waals surface area contributed by atoms with Gasteiger partial charge in [0.15, 0.2) is 11.6 Å². The lowest BCUT2D eigenvalue weighted by Crippen LogP contribution is -1.99. The molecule has 0 spiro atoms. The van der Waals surface area contributed by atoms with Gasteiger partial charge in [-0.3, -0.25) is 0 Å². The lowest BCUT2D eigenvalue weighted by atomic mass is 10.0. The van der Waals surface area contributed by atoms with Gasteiger partial charge in [0.05, 0.1) is 0 Å². The number of rotatable bonds is 9. The Morgan fingerprint density at radius 1 is 0.933 bits per heavy atom. The number of carbonyl (C=O) groups is 1. The van der Waals surface area contributed by atoms with Gasteiger partial charge >= 0.3 is 0 Å². The Balaban J connectivity index is 1.63. The molecule has 0 saturated heterocycles. The summed E-state index contributed by atoms with van der Waals surface area (Å²) in [6.45, 7) is 6.05. The van der Waals surface area contributed by atoms with E-state index in [9.17, 15) is 9.18 Å². The number of ketones is 1. The maximum atomic E-state index is 14.3. The SMILES string of the molecule is CC(=O)CCc1ccc(OCc2cccc(Oc3cccc(C(C)C)c3)c2)c(F)c1. The molecule has 0 amide bonds. The second kappa shape index (κ2) is 10.1. The van der Waals surface area contributed by atoms with Gasteiger partial charge in [-0.1, -0.05) is 44.2 Å². The first kappa shape index (κ1) is 21.6. The van der Waals surface area contributed by atoms with Crippen molar-refractivity contribution in [2.45, 2.75) is 46.1 Å². The molecular weight excluding hydrogens is 379 g/mol. The molecule has 0 radical (unpaired) electrons. The van der Waals surface area contributed by atoms with E-state index in [2.05, 4.69) is 19.9 Å². The van der Waals surface area contributed by atoms with Gasteiger partial charge in [-0.25, -0.2) is 4.39 Å². The second-order valence-electron chi connectivity index (χ2n) is 7.73. The summed E-state index contributed by atoms with van der Waals surface area (Å²) in [7, 11) is 0. The van der Waals surface area contributed by atoms with Gasteiger partial charge in [-0.2, -0.15) is 0 Å². The van der Waals surface area contributed by atoms with Gasteiger partial charge < -0.3 is 14.3 Å². The highest BCUT2D eigenvalue weighted by Crippen LogP contribution is 2.26. The molecule has 156 valence electrons. The third kappa shape index (κ3) is 6.18. The van der Waals surface area contributed by atoms with Gasteiger partial charge in [-0.15, -0.1) is 0 Å². The zero-order valence-electron chi connectivity index (χ0n) is 17.7. The molecular formula is C26H27FO3. The van der Waals surface area contributed by atoms with E-state index in [4.69, 9.17) is 9.47 Å². The zero-order valence-corrected chi connectivity index (χ0v) is 17.7. The van der Waals surface area contributed by atoms with E-state index in [1.807, 2.05) is 42.5 Å². The maximum absolute atomic E-state index is 14.3. The molecule has 0 heterocycles. The number of Topliss-reactive ketones (excluding diaryl/α,β-unsaturated/α-hetero) is 1. The number of hydrogen-bond donors (Lipinski definition) is 0. The highest BCUT2D eigenvalue weighted by molar-refractivity contribution is 5.75. The Kier molecular flexibility index (Phi) is 7.23. The largest absolute Gasteiger partial charge is 0.486 e. The summed E-state index contributed by atoms with van der Waals surface area (Å²) in [6, 6.07) is 20.5. The van der Waals surface area contributed by atoms with E-state index in [0.29, 0.717) is 24.5 Å². The van der Waals surface area contributed by atoms with Gasteiger partial charge in [-0.05, 0) is 72.4 Å². The predicted molar refractivity (Wildman–Crippen MR) is 117 cm³/mol. The molecule has 0 saturated carbocycles.